The van der Waals surface area contributed by atoms with E-state index < -0.39 is 0 Å². The molecule has 1 heterocycles. The molecule has 0 radical (unpaired) electrons. The number of aryl methyl sites for hydroxylation is 1. The maximum atomic E-state index is 7.60. The number of hydrogen-bond acceptors (Lipinski definition) is 3. The van der Waals surface area contributed by atoms with Crippen LogP contribution in [-0.2, 0) is 0 Å². The van der Waals surface area contributed by atoms with Crippen molar-refractivity contribution >= 4 is 33.5 Å². The van der Waals surface area contributed by atoms with E-state index in [1.54, 1.807) is 6.20 Å². The Morgan fingerprint density at radius 2 is 2.17 bits per heavy atom. The summed E-state index contributed by atoms with van der Waals surface area (Å²) in [5.41, 5.74) is 7.47. The average molecular weight is 322 g/mol. The van der Waals surface area contributed by atoms with Crippen molar-refractivity contribution in [3.8, 4) is 0 Å². The first-order chi connectivity index (χ1) is 8.58. The molecule has 0 saturated carbocycles. The van der Waals surface area contributed by atoms with Gasteiger partial charge in [-0.25, -0.2) is 4.98 Å². The number of halogens is 1. The van der Waals surface area contributed by atoms with Gasteiger partial charge in [-0.2, -0.15) is 0 Å². The second-order valence-corrected chi connectivity index (χ2v) is 5.69. The number of nitrogens with one attached hydrogen (secondary N) is 1. The molecule has 1 aromatic heterocycles. The summed E-state index contributed by atoms with van der Waals surface area (Å²) in [5.74, 6) is 0.0737. The van der Waals surface area contributed by atoms with Crippen molar-refractivity contribution in [3.63, 3.8) is 0 Å². The first kappa shape index (κ1) is 13.1. The second-order valence-electron chi connectivity index (χ2n) is 3.81. The van der Waals surface area contributed by atoms with Crippen molar-refractivity contribution in [2.45, 2.75) is 16.8 Å². The molecule has 0 aliphatic carbocycles. The van der Waals surface area contributed by atoms with Gasteiger partial charge in [0.15, 0.2) is 0 Å². The molecule has 5 heteroatoms. The van der Waals surface area contributed by atoms with E-state index in [0.717, 1.165) is 25.5 Å². The zero-order valence-corrected chi connectivity index (χ0v) is 12.2. The predicted octanol–water partition coefficient (Wildman–Crippen LogP) is 3.59. The number of nitrogen functional groups attached to an aromatic ring is 1. The maximum absolute atomic E-state index is 7.60. The lowest BCUT2D eigenvalue weighted by Gasteiger charge is -2.09. The molecule has 0 amide bonds. The van der Waals surface area contributed by atoms with E-state index in [0.29, 0.717) is 0 Å². The van der Waals surface area contributed by atoms with Crippen LogP contribution in [0.5, 0.6) is 0 Å². The van der Waals surface area contributed by atoms with Crippen molar-refractivity contribution in [2.75, 3.05) is 0 Å². The average Bonchev–Trinajstić information content (AvgIpc) is 2.32. The van der Waals surface area contributed by atoms with Gasteiger partial charge in [-0.3, -0.25) is 5.41 Å². The molecular weight excluding hydrogens is 310 g/mol. The Morgan fingerprint density at radius 3 is 2.83 bits per heavy atom. The van der Waals surface area contributed by atoms with Crippen LogP contribution >= 0.6 is 27.7 Å². The third kappa shape index (κ3) is 2.91. The van der Waals surface area contributed by atoms with Crippen molar-refractivity contribution in [2.24, 2.45) is 5.73 Å². The van der Waals surface area contributed by atoms with Crippen LogP contribution in [0.1, 0.15) is 11.1 Å². The smallest absolute Gasteiger partial charge is 0.123 e. The van der Waals surface area contributed by atoms with Crippen LogP contribution in [0, 0.1) is 12.3 Å². The quantitative estimate of drug-likeness (QED) is 0.670. The highest BCUT2D eigenvalue weighted by Crippen LogP contribution is 2.33. The van der Waals surface area contributed by atoms with Gasteiger partial charge in [-0.15, -0.1) is 0 Å². The zero-order chi connectivity index (χ0) is 13.1. The van der Waals surface area contributed by atoms with E-state index in [9.17, 15) is 0 Å². The summed E-state index contributed by atoms with van der Waals surface area (Å²) >= 11 is 4.97. The molecule has 2 rings (SSSR count). The van der Waals surface area contributed by atoms with Crippen LogP contribution in [0.25, 0.3) is 0 Å². The molecule has 0 fully saturated rings. The number of pyridine rings is 1. The summed E-state index contributed by atoms with van der Waals surface area (Å²) < 4.78 is 0.936. The third-order valence-corrected chi connectivity index (χ3v) is 4.34. The Hall–Kier alpha value is -1.33. The molecule has 0 spiro atoms. The van der Waals surface area contributed by atoms with E-state index >= 15 is 0 Å². The molecule has 2 aromatic rings. The van der Waals surface area contributed by atoms with Gasteiger partial charge in [0.2, 0.25) is 0 Å². The van der Waals surface area contributed by atoms with Crippen molar-refractivity contribution in [3.05, 3.63) is 52.1 Å². The molecule has 1 aromatic carbocycles. The Morgan fingerprint density at radius 1 is 1.39 bits per heavy atom. The van der Waals surface area contributed by atoms with Crippen LogP contribution in [0.3, 0.4) is 0 Å². The maximum Gasteiger partial charge on any atom is 0.123 e. The van der Waals surface area contributed by atoms with Crippen molar-refractivity contribution in [1.82, 2.24) is 4.98 Å². The van der Waals surface area contributed by atoms with Crippen LogP contribution in [0.4, 0.5) is 0 Å². The SMILES string of the molecule is Cc1ccc(C(=N)N)c(Sc2ncccc2Br)c1. The number of nitrogens with zero attached hydrogens (tertiary/aromatic N) is 1. The number of hydrogen-bond donors (Lipinski definition) is 2. The molecule has 3 nitrogen and oxygen atoms in total. The van der Waals surface area contributed by atoms with Gasteiger partial charge in [0.1, 0.15) is 10.9 Å². The summed E-state index contributed by atoms with van der Waals surface area (Å²) in [6, 6.07) is 9.66. The molecule has 0 atom stereocenters. The fraction of sp³-hybridized carbons (Fsp3) is 0.0769. The van der Waals surface area contributed by atoms with Crippen molar-refractivity contribution < 1.29 is 0 Å². The van der Waals surface area contributed by atoms with Gasteiger partial charge in [0.25, 0.3) is 0 Å². The zero-order valence-electron chi connectivity index (χ0n) is 9.77. The second kappa shape index (κ2) is 5.54. The highest BCUT2D eigenvalue weighted by Gasteiger charge is 2.10. The van der Waals surface area contributed by atoms with Crippen LogP contribution in [0.2, 0.25) is 0 Å². The summed E-state index contributed by atoms with van der Waals surface area (Å²) in [6.45, 7) is 2.02. The standard InChI is InChI=1S/C13H12BrN3S/c1-8-4-5-9(12(15)16)11(7-8)18-13-10(14)3-2-6-17-13/h2-7H,1H3,(H3,15,16). The van der Waals surface area contributed by atoms with Gasteiger partial charge >= 0.3 is 0 Å². The third-order valence-electron chi connectivity index (χ3n) is 2.36. The predicted molar refractivity (Wildman–Crippen MR) is 78.3 cm³/mol. The van der Waals surface area contributed by atoms with Crippen LogP contribution < -0.4 is 5.73 Å². The Bertz CT molecular complexity index is 599. The lowest BCUT2D eigenvalue weighted by atomic mass is 10.1. The Balaban J connectivity index is 2.42. The number of amidine groups is 1. The minimum atomic E-state index is 0.0737. The topological polar surface area (TPSA) is 62.8 Å². The summed E-state index contributed by atoms with van der Waals surface area (Å²) in [6.07, 6.45) is 1.75. The molecular formula is C13H12BrN3S. The van der Waals surface area contributed by atoms with Gasteiger partial charge in [-0.1, -0.05) is 17.8 Å². The first-order valence-electron chi connectivity index (χ1n) is 5.31. The summed E-state index contributed by atoms with van der Waals surface area (Å²) in [5, 5.41) is 8.46. The number of nitrogens with two attached hydrogens (primary N) is 1. The fourth-order valence-corrected chi connectivity index (χ4v) is 3.00. The van der Waals surface area contributed by atoms with Gasteiger partial charge in [-0.05, 0) is 52.7 Å². The number of rotatable bonds is 3. The number of benzene rings is 1. The molecule has 0 saturated heterocycles. The van der Waals surface area contributed by atoms with Gasteiger partial charge < -0.3 is 5.73 Å². The van der Waals surface area contributed by atoms with E-state index in [4.69, 9.17) is 11.1 Å². The molecule has 92 valence electrons. The normalized spacial score (nSPS) is 10.3. The van der Waals surface area contributed by atoms with Crippen LogP contribution in [-0.4, -0.2) is 10.8 Å². The first-order valence-corrected chi connectivity index (χ1v) is 6.92. The Labute approximate surface area is 118 Å². The highest BCUT2D eigenvalue weighted by atomic mass is 79.9. The molecule has 0 aliphatic heterocycles. The molecule has 0 unspecified atom stereocenters. The minimum absolute atomic E-state index is 0.0737. The highest BCUT2D eigenvalue weighted by molar-refractivity contribution is 9.10. The van der Waals surface area contributed by atoms with Crippen LogP contribution in [0.15, 0.2) is 50.9 Å². The number of aromatic nitrogens is 1. The fourth-order valence-electron chi connectivity index (χ4n) is 1.49. The summed E-state index contributed by atoms with van der Waals surface area (Å²) in [7, 11) is 0. The lowest BCUT2D eigenvalue weighted by molar-refractivity contribution is 1.11. The Kier molecular flexibility index (Phi) is 4.04. The van der Waals surface area contributed by atoms with Crippen molar-refractivity contribution in [1.29, 1.82) is 5.41 Å². The molecule has 18 heavy (non-hydrogen) atoms. The lowest BCUT2D eigenvalue weighted by Crippen LogP contribution is -2.12. The van der Waals surface area contributed by atoms with Gasteiger partial charge in [0.05, 0.1) is 4.47 Å². The molecule has 3 N–H and O–H groups in total. The van der Waals surface area contributed by atoms with Gasteiger partial charge in [0, 0.05) is 16.7 Å². The largest absolute Gasteiger partial charge is 0.384 e. The van der Waals surface area contributed by atoms with E-state index in [1.807, 2.05) is 37.3 Å². The summed E-state index contributed by atoms with van der Waals surface area (Å²) in [4.78, 5) is 5.25. The van der Waals surface area contributed by atoms with E-state index in [-0.39, 0.29) is 5.84 Å². The minimum Gasteiger partial charge on any atom is -0.384 e. The van der Waals surface area contributed by atoms with E-state index in [2.05, 4.69) is 20.9 Å². The molecule has 0 bridgehead atoms. The molecule has 0 aliphatic rings. The monoisotopic (exact) mass is 321 g/mol. The van der Waals surface area contributed by atoms with E-state index in [1.165, 1.54) is 11.8 Å².